The third kappa shape index (κ3) is 3.25. The van der Waals surface area contributed by atoms with Crippen LogP contribution in [0.15, 0.2) is 28.9 Å². The molecule has 0 aliphatic rings. The van der Waals surface area contributed by atoms with Gasteiger partial charge in [0.1, 0.15) is 18.0 Å². The summed E-state index contributed by atoms with van der Waals surface area (Å²) in [5.74, 6) is -0.183. The molecule has 20 heavy (non-hydrogen) atoms. The molecule has 2 N–H and O–H groups in total. The highest BCUT2D eigenvalue weighted by molar-refractivity contribution is 5.86. The van der Waals surface area contributed by atoms with Crippen LogP contribution in [0.3, 0.4) is 0 Å². The fourth-order valence-corrected chi connectivity index (χ4v) is 1.72. The van der Waals surface area contributed by atoms with E-state index in [9.17, 15) is 9.59 Å². The predicted octanol–water partition coefficient (Wildman–Crippen LogP) is 1.05. The molecule has 106 valence electrons. The topological polar surface area (TPSA) is 97.4 Å². The molecule has 7 heteroatoms. The second-order valence-corrected chi connectivity index (χ2v) is 4.18. The third-order valence-corrected chi connectivity index (χ3v) is 2.75. The zero-order chi connectivity index (χ0) is 14.5. The maximum atomic E-state index is 11.7. The molecule has 0 saturated carbocycles. The van der Waals surface area contributed by atoms with Crippen molar-refractivity contribution in [2.24, 2.45) is 0 Å². The van der Waals surface area contributed by atoms with Crippen molar-refractivity contribution in [1.82, 2.24) is 14.9 Å². The molecule has 0 atom stereocenters. The van der Waals surface area contributed by atoms with E-state index >= 15 is 0 Å². The van der Waals surface area contributed by atoms with E-state index in [4.69, 9.17) is 9.52 Å². The molecule has 0 spiro atoms. The minimum absolute atomic E-state index is 0.0595. The molecular weight excluding hydrogens is 262 g/mol. The van der Waals surface area contributed by atoms with Gasteiger partial charge in [-0.05, 0) is 12.1 Å². The summed E-state index contributed by atoms with van der Waals surface area (Å²) in [6.07, 6.45) is 3.91. The predicted molar refractivity (Wildman–Crippen MR) is 69.1 cm³/mol. The van der Waals surface area contributed by atoms with Crippen molar-refractivity contribution < 1.29 is 19.1 Å². The first-order valence-electron chi connectivity index (χ1n) is 6.19. The molecule has 2 aromatic heterocycles. The van der Waals surface area contributed by atoms with Gasteiger partial charge in [-0.15, -0.1) is 0 Å². The van der Waals surface area contributed by atoms with Gasteiger partial charge in [-0.2, -0.15) is 0 Å². The molecule has 0 unspecified atom stereocenters. The number of carboxylic acids is 1. The number of aryl methyl sites for hydroxylation is 1. The highest BCUT2D eigenvalue weighted by Gasteiger charge is 2.12. The number of nitrogens with one attached hydrogen (secondary N) is 1. The minimum atomic E-state index is -1.07. The Morgan fingerprint density at radius 1 is 1.50 bits per heavy atom. The first kappa shape index (κ1) is 13.9. The second-order valence-electron chi connectivity index (χ2n) is 4.18. The number of hydrogen-bond donors (Lipinski definition) is 2. The van der Waals surface area contributed by atoms with Gasteiger partial charge in [0.05, 0.1) is 12.7 Å². The summed E-state index contributed by atoms with van der Waals surface area (Å²) in [7, 11) is 0. The van der Waals surface area contributed by atoms with Crippen molar-refractivity contribution in [3.63, 3.8) is 0 Å². The van der Waals surface area contributed by atoms with Crippen LogP contribution >= 0.6 is 0 Å². The molecule has 2 aromatic rings. The monoisotopic (exact) mass is 277 g/mol. The molecular formula is C13H15N3O4. The molecule has 0 fully saturated rings. The van der Waals surface area contributed by atoms with Gasteiger partial charge in [0.15, 0.2) is 0 Å². The maximum absolute atomic E-state index is 11.7. The Bertz CT molecular complexity index is 615. The maximum Gasteiger partial charge on any atom is 0.352 e. The number of rotatable bonds is 6. The third-order valence-electron chi connectivity index (χ3n) is 2.75. The zero-order valence-corrected chi connectivity index (χ0v) is 11.0. The fraction of sp³-hybridized carbons (Fsp3) is 0.308. The van der Waals surface area contributed by atoms with Crippen LogP contribution in [0.4, 0.5) is 0 Å². The molecule has 2 rings (SSSR count). The van der Waals surface area contributed by atoms with Crippen LogP contribution in [0.1, 0.15) is 29.1 Å². The van der Waals surface area contributed by atoms with Gasteiger partial charge in [-0.1, -0.05) is 6.92 Å². The number of hydrogen-bond acceptors (Lipinski definition) is 4. The number of amides is 1. The van der Waals surface area contributed by atoms with Crippen LogP contribution in [0.25, 0.3) is 0 Å². The van der Waals surface area contributed by atoms with Crippen molar-refractivity contribution >= 4 is 11.9 Å². The SMILES string of the molecule is CCc1cnc(CNC(=O)Cn2cccc2C(=O)O)o1. The number of nitrogens with zero attached hydrogens (tertiary/aromatic N) is 2. The molecule has 2 heterocycles. The standard InChI is InChI=1S/C13H15N3O4/c1-2-9-6-15-12(20-9)7-14-11(17)8-16-5-3-4-10(16)13(18)19/h3-6H,2,7-8H2,1H3,(H,14,17)(H,18,19). The van der Waals surface area contributed by atoms with Gasteiger partial charge in [0, 0.05) is 12.6 Å². The first-order chi connectivity index (χ1) is 9.60. The largest absolute Gasteiger partial charge is 0.477 e. The van der Waals surface area contributed by atoms with Gasteiger partial charge in [0.2, 0.25) is 11.8 Å². The van der Waals surface area contributed by atoms with Crippen LogP contribution in [0, 0.1) is 0 Å². The van der Waals surface area contributed by atoms with E-state index in [2.05, 4.69) is 10.3 Å². The lowest BCUT2D eigenvalue weighted by Gasteiger charge is -2.06. The normalized spacial score (nSPS) is 10.4. The Morgan fingerprint density at radius 2 is 2.30 bits per heavy atom. The summed E-state index contributed by atoms with van der Waals surface area (Å²) < 4.78 is 6.72. The van der Waals surface area contributed by atoms with Crippen LogP contribution in [0.2, 0.25) is 0 Å². The number of aromatic carboxylic acids is 1. The van der Waals surface area contributed by atoms with Crippen LogP contribution in [-0.2, 0) is 24.3 Å². The van der Waals surface area contributed by atoms with E-state index in [1.165, 1.54) is 10.6 Å². The molecule has 0 aromatic carbocycles. The quantitative estimate of drug-likeness (QED) is 0.822. The first-order valence-corrected chi connectivity index (χ1v) is 6.19. The van der Waals surface area contributed by atoms with Gasteiger partial charge in [-0.25, -0.2) is 9.78 Å². The van der Waals surface area contributed by atoms with E-state index in [-0.39, 0.29) is 24.7 Å². The van der Waals surface area contributed by atoms with E-state index in [1.54, 1.807) is 18.5 Å². The van der Waals surface area contributed by atoms with E-state index in [0.717, 1.165) is 12.2 Å². The lowest BCUT2D eigenvalue weighted by Crippen LogP contribution is -2.28. The summed E-state index contributed by atoms with van der Waals surface area (Å²) >= 11 is 0. The number of aromatic nitrogens is 2. The molecule has 0 aliphatic heterocycles. The van der Waals surface area contributed by atoms with Crippen LogP contribution in [0.5, 0.6) is 0 Å². The van der Waals surface area contributed by atoms with Gasteiger partial charge in [-0.3, -0.25) is 4.79 Å². The molecule has 1 amide bonds. The molecule has 0 radical (unpaired) electrons. The summed E-state index contributed by atoms with van der Waals surface area (Å²) in [6, 6.07) is 3.02. The number of oxazole rings is 1. The minimum Gasteiger partial charge on any atom is -0.477 e. The van der Waals surface area contributed by atoms with Crippen molar-refractivity contribution in [3.8, 4) is 0 Å². The van der Waals surface area contributed by atoms with Crippen molar-refractivity contribution in [3.05, 3.63) is 41.9 Å². The second kappa shape index (κ2) is 6.05. The lowest BCUT2D eigenvalue weighted by atomic mass is 10.4. The summed E-state index contributed by atoms with van der Waals surface area (Å²) in [5.41, 5.74) is 0.0737. The zero-order valence-electron chi connectivity index (χ0n) is 11.0. The Hall–Kier alpha value is -2.57. The lowest BCUT2D eigenvalue weighted by molar-refractivity contribution is -0.121. The number of carbonyl (C=O) groups is 2. The Kier molecular flexibility index (Phi) is 4.19. The van der Waals surface area contributed by atoms with Crippen molar-refractivity contribution in [2.75, 3.05) is 0 Å². The van der Waals surface area contributed by atoms with Crippen LogP contribution < -0.4 is 5.32 Å². The average Bonchev–Trinajstić information content (AvgIpc) is 3.04. The molecule has 0 aliphatic carbocycles. The smallest absolute Gasteiger partial charge is 0.352 e. The summed E-state index contributed by atoms with van der Waals surface area (Å²) in [4.78, 5) is 26.7. The van der Waals surface area contributed by atoms with Crippen molar-refractivity contribution in [2.45, 2.75) is 26.4 Å². The molecule has 7 nitrogen and oxygen atoms in total. The summed E-state index contributed by atoms with van der Waals surface area (Å²) in [5, 5.41) is 11.6. The molecule has 0 saturated heterocycles. The Labute approximate surface area is 115 Å². The van der Waals surface area contributed by atoms with E-state index in [1.807, 2.05) is 6.92 Å². The highest BCUT2D eigenvalue weighted by Crippen LogP contribution is 2.04. The van der Waals surface area contributed by atoms with Crippen molar-refractivity contribution in [1.29, 1.82) is 0 Å². The van der Waals surface area contributed by atoms with Gasteiger partial charge in [0.25, 0.3) is 0 Å². The molecule has 0 bridgehead atoms. The van der Waals surface area contributed by atoms with E-state index < -0.39 is 5.97 Å². The van der Waals surface area contributed by atoms with Gasteiger partial charge < -0.3 is 19.4 Å². The average molecular weight is 277 g/mol. The Balaban J connectivity index is 1.89. The highest BCUT2D eigenvalue weighted by atomic mass is 16.4. The number of carbonyl (C=O) groups excluding carboxylic acids is 1. The Morgan fingerprint density at radius 3 is 2.95 bits per heavy atom. The summed E-state index contributed by atoms with van der Waals surface area (Å²) in [6.45, 7) is 2.07. The number of carboxylic acid groups (broad SMARTS) is 1. The van der Waals surface area contributed by atoms with Crippen LogP contribution in [-0.4, -0.2) is 26.5 Å². The van der Waals surface area contributed by atoms with Gasteiger partial charge >= 0.3 is 5.97 Å². The fourth-order valence-electron chi connectivity index (χ4n) is 1.72. The van der Waals surface area contributed by atoms with E-state index in [0.29, 0.717) is 5.89 Å².